The van der Waals surface area contributed by atoms with E-state index in [0.717, 1.165) is 22.6 Å². The summed E-state index contributed by atoms with van der Waals surface area (Å²) in [6.07, 6.45) is 1.02. The Morgan fingerprint density at radius 2 is 1.52 bits per heavy atom. The quantitative estimate of drug-likeness (QED) is 0.585. The normalized spacial score (nSPS) is 10.3. The van der Waals surface area contributed by atoms with E-state index >= 15 is 0 Å². The summed E-state index contributed by atoms with van der Waals surface area (Å²) in [4.78, 5) is 14.4. The average molecular weight is 390 g/mol. The van der Waals surface area contributed by atoms with E-state index in [2.05, 4.69) is 22.3 Å². The minimum atomic E-state index is -0.0241. The Balaban J connectivity index is 1.56. The van der Waals surface area contributed by atoms with Gasteiger partial charge >= 0.3 is 0 Å². The Morgan fingerprint density at radius 3 is 2.17 bits per heavy atom. The van der Waals surface area contributed by atoms with Crippen LogP contribution in [0.3, 0.4) is 0 Å². The topological polar surface area (TPSA) is 50.8 Å². The van der Waals surface area contributed by atoms with E-state index in [0.29, 0.717) is 24.3 Å². The van der Waals surface area contributed by atoms with Gasteiger partial charge in [-0.3, -0.25) is 4.79 Å². The van der Waals surface area contributed by atoms with Gasteiger partial charge in [0.25, 0.3) is 0 Å². The van der Waals surface area contributed by atoms with Crippen molar-refractivity contribution in [2.75, 3.05) is 31.5 Å². The van der Waals surface area contributed by atoms with Crippen molar-refractivity contribution in [3.8, 4) is 11.5 Å². The molecule has 0 radical (unpaired) electrons. The molecule has 0 fully saturated rings. The van der Waals surface area contributed by atoms with Gasteiger partial charge in [-0.15, -0.1) is 0 Å². The number of nitrogens with one attached hydrogen (secondary N) is 1. The molecule has 1 N–H and O–H groups in total. The molecule has 29 heavy (non-hydrogen) atoms. The second-order valence-electron chi connectivity index (χ2n) is 6.68. The number of ether oxygens (including phenoxy) is 2. The number of benzene rings is 3. The molecule has 5 nitrogen and oxygen atoms in total. The Kier molecular flexibility index (Phi) is 6.74. The molecule has 5 heteroatoms. The Labute approximate surface area is 171 Å². The fourth-order valence-electron chi connectivity index (χ4n) is 3.09. The maximum Gasteiger partial charge on any atom is 0.224 e. The summed E-state index contributed by atoms with van der Waals surface area (Å²) in [6.45, 7) is 0. The summed E-state index contributed by atoms with van der Waals surface area (Å²) < 4.78 is 10.6. The van der Waals surface area contributed by atoms with Crippen LogP contribution in [0.4, 0.5) is 17.1 Å². The zero-order chi connectivity index (χ0) is 20.6. The van der Waals surface area contributed by atoms with Crippen LogP contribution in [-0.2, 0) is 11.2 Å². The second kappa shape index (κ2) is 9.64. The van der Waals surface area contributed by atoms with E-state index in [1.165, 1.54) is 0 Å². The molecule has 0 bridgehead atoms. The number of nitrogens with zero attached hydrogens (tertiary/aromatic N) is 1. The standard InChI is InChI=1S/C24H26N2O3/c1-26(20-7-5-4-6-8-20)21-13-11-19(12-14-21)25-24(27)16-10-18-9-15-22(28-2)23(17-18)29-3/h4-9,11-15,17H,10,16H2,1-3H3,(H,25,27). The number of para-hydroxylation sites is 1. The van der Waals surface area contributed by atoms with Gasteiger partial charge in [0.2, 0.25) is 5.91 Å². The molecule has 0 aliphatic heterocycles. The first kappa shape index (κ1) is 20.3. The van der Waals surface area contributed by atoms with Crippen molar-refractivity contribution >= 4 is 23.0 Å². The minimum Gasteiger partial charge on any atom is -0.493 e. The highest BCUT2D eigenvalue weighted by molar-refractivity contribution is 5.91. The molecular formula is C24H26N2O3. The highest BCUT2D eigenvalue weighted by Crippen LogP contribution is 2.28. The van der Waals surface area contributed by atoms with Crippen molar-refractivity contribution in [3.05, 3.63) is 78.4 Å². The van der Waals surface area contributed by atoms with E-state index < -0.39 is 0 Å². The molecule has 3 rings (SSSR count). The lowest BCUT2D eigenvalue weighted by molar-refractivity contribution is -0.116. The number of carbonyl (C=O) groups excluding carboxylic acids is 1. The zero-order valence-electron chi connectivity index (χ0n) is 17.0. The number of rotatable bonds is 8. The predicted molar refractivity (Wildman–Crippen MR) is 117 cm³/mol. The van der Waals surface area contributed by atoms with Gasteiger partial charge in [-0.05, 0) is 60.5 Å². The van der Waals surface area contributed by atoms with Crippen LogP contribution >= 0.6 is 0 Å². The third-order valence-corrected chi connectivity index (χ3v) is 4.77. The van der Waals surface area contributed by atoms with Gasteiger partial charge in [0, 0.05) is 30.5 Å². The van der Waals surface area contributed by atoms with Gasteiger partial charge in [0.1, 0.15) is 0 Å². The summed E-state index contributed by atoms with van der Waals surface area (Å²) in [5.74, 6) is 1.33. The lowest BCUT2D eigenvalue weighted by Crippen LogP contribution is -2.13. The number of hydrogen-bond acceptors (Lipinski definition) is 4. The van der Waals surface area contributed by atoms with Crippen LogP contribution in [-0.4, -0.2) is 27.2 Å². The van der Waals surface area contributed by atoms with Gasteiger partial charge < -0.3 is 19.7 Å². The first-order chi connectivity index (χ1) is 14.1. The third kappa shape index (κ3) is 5.29. The zero-order valence-corrected chi connectivity index (χ0v) is 17.0. The Bertz CT molecular complexity index is 940. The van der Waals surface area contributed by atoms with Crippen molar-refractivity contribution in [1.82, 2.24) is 0 Å². The summed E-state index contributed by atoms with van der Waals surface area (Å²) in [5, 5.41) is 2.96. The lowest BCUT2D eigenvalue weighted by atomic mass is 10.1. The first-order valence-corrected chi connectivity index (χ1v) is 9.50. The van der Waals surface area contributed by atoms with Crippen molar-refractivity contribution < 1.29 is 14.3 Å². The fraction of sp³-hybridized carbons (Fsp3) is 0.208. The van der Waals surface area contributed by atoms with E-state index in [1.807, 2.05) is 67.7 Å². The number of aryl methyl sites for hydroxylation is 1. The first-order valence-electron chi connectivity index (χ1n) is 9.50. The summed E-state index contributed by atoms with van der Waals surface area (Å²) in [6, 6.07) is 23.7. The number of carbonyl (C=O) groups is 1. The predicted octanol–water partition coefficient (Wildman–Crippen LogP) is 5.04. The molecule has 0 aliphatic rings. The fourth-order valence-corrected chi connectivity index (χ4v) is 3.09. The molecule has 3 aromatic carbocycles. The monoisotopic (exact) mass is 390 g/mol. The van der Waals surface area contributed by atoms with Crippen molar-refractivity contribution in [2.45, 2.75) is 12.8 Å². The van der Waals surface area contributed by atoms with Crippen molar-refractivity contribution in [1.29, 1.82) is 0 Å². The Morgan fingerprint density at radius 1 is 0.862 bits per heavy atom. The number of hydrogen-bond donors (Lipinski definition) is 1. The lowest BCUT2D eigenvalue weighted by Gasteiger charge is -2.19. The molecule has 0 spiro atoms. The molecule has 150 valence electrons. The molecule has 1 amide bonds. The van der Waals surface area contributed by atoms with Crippen LogP contribution in [0.5, 0.6) is 11.5 Å². The van der Waals surface area contributed by atoms with Crippen LogP contribution in [0.25, 0.3) is 0 Å². The second-order valence-corrected chi connectivity index (χ2v) is 6.68. The van der Waals surface area contributed by atoms with Crippen LogP contribution < -0.4 is 19.7 Å². The smallest absolute Gasteiger partial charge is 0.224 e. The van der Waals surface area contributed by atoms with Crippen LogP contribution in [0, 0.1) is 0 Å². The van der Waals surface area contributed by atoms with Gasteiger partial charge in [-0.1, -0.05) is 24.3 Å². The maximum absolute atomic E-state index is 12.3. The summed E-state index contributed by atoms with van der Waals surface area (Å²) in [7, 11) is 5.23. The van der Waals surface area contributed by atoms with E-state index in [9.17, 15) is 4.79 Å². The molecule has 0 atom stereocenters. The average Bonchev–Trinajstić information content (AvgIpc) is 2.78. The number of methoxy groups -OCH3 is 2. The highest BCUT2D eigenvalue weighted by atomic mass is 16.5. The van der Waals surface area contributed by atoms with Gasteiger partial charge in [0.15, 0.2) is 11.5 Å². The molecule has 0 unspecified atom stereocenters. The van der Waals surface area contributed by atoms with Gasteiger partial charge in [-0.2, -0.15) is 0 Å². The largest absolute Gasteiger partial charge is 0.493 e. The number of anilines is 3. The summed E-state index contributed by atoms with van der Waals surface area (Å²) >= 11 is 0. The van der Waals surface area contributed by atoms with Gasteiger partial charge in [0.05, 0.1) is 14.2 Å². The molecule has 0 heterocycles. The van der Waals surface area contributed by atoms with E-state index in [4.69, 9.17) is 9.47 Å². The third-order valence-electron chi connectivity index (χ3n) is 4.77. The molecule has 0 saturated carbocycles. The highest BCUT2D eigenvalue weighted by Gasteiger charge is 2.08. The van der Waals surface area contributed by atoms with Crippen LogP contribution in [0.1, 0.15) is 12.0 Å². The van der Waals surface area contributed by atoms with Crippen LogP contribution in [0.15, 0.2) is 72.8 Å². The molecular weight excluding hydrogens is 364 g/mol. The van der Waals surface area contributed by atoms with Crippen molar-refractivity contribution in [2.24, 2.45) is 0 Å². The SMILES string of the molecule is COc1ccc(CCC(=O)Nc2ccc(N(C)c3ccccc3)cc2)cc1OC. The van der Waals surface area contributed by atoms with E-state index in [-0.39, 0.29) is 5.91 Å². The van der Waals surface area contributed by atoms with Crippen molar-refractivity contribution in [3.63, 3.8) is 0 Å². The molecule has 0 aromatic heterocycles. The molecule has 0 saturated heterocycles. The molecule has 0 aliphatic carbocycles. The van der Waals surface area contributed by atoms with E-state index in [1.54, 1.807) is 14.2 Å². The number of amides is 1. The maximum atomic E-state index is 12.3. The van der Waals surface area contributed by atoms with Gasteiger partial charge in [-0.25, -0.2) is 0 Å². The Hall–Kier alpha value is -3.47. The minimum absolute atomic E-state index is 0.0241. The summed E-state index contributed by atoms with van der Waals surface area (Å²) in [5.41, 5.74) is 3.98. The van der Waals surface area contributed by atoms with Crippen LogP contribution in [0.2, 0.25) is 0 Å². The molecule has 3 aromatic rings.